The van der Waals surface area contributed by atoms with Crippen LogP contribution < -0.4 is 10.3 Å². The first kappa shape index (κ1) is 15.9. The Labute approximate surface area is 132 Å². The largest absolute Gasteiger partial charge is 0.486 e. The Morgan fingerprint density at radius 1 is 1.29 bits per heavy atom. The monoisotopic (exact) mass is 340 g/mol. The average molecular weight is 340 g/mol. The zero-order chi connectivity index (χ0) is 17.3. The van der Waals surface area contributed by atoms with Gasteiger partial charge < -0.3 is 9.30 Å². The van der Waals surface area contributed by atoms with Gasteiger partial charge in [0.1, 0.15) is 18.9 Å². The third kappa shape index (κ3) is 3.34. The molecule has 0 aliphatic rings. The quantitative estimate of drug-likeness (QED) is 0.706. The van der Waals surface area contributed by atoms with Gasteiger partial charge in [-0.1, -0.05) is 0 Å². The predicted molar refractivity (Wildman–Crippen MR) is 75.2 cm³/mol. The first-order chi connectivity index (χ1) is 11.3. The number of alkyl halides is 3. The molecule has 126 valence electrons. The van der Waals surface area contributed by atoms with Crippen molar-refractivity contribution in [1.29, 1.82) is 0 Å². The van der Waals surface area contributed by atoms with E-state index in [2.05, 4.69) is 20.5 Å². The molecule has 0 spiro atoms. The SMILES string of the molecule is Cn1cnc2ccc(OCc3nnnn3CC(F)(F)F)cc2c1=O. The summed E-state index contributed by atoms with van der Waals surface area (Å²) in [5.74, 6) is 0.223. The Morgan fingerprint density at radius 3 is 2.83 bits per heavy atom. The summed E-state index contributed by atoms with van der Waals surface area (Å²) >= 11 is 0. The molecule has 24 heavy (non-hydrogen) atoms. The summed E-state index contributed by atoms with van der Waals surface area (Å²) in [6, 6.07) is 4.62. The molecule has 11 heteroatoms. The number of aromatic nitrogens is 6. The minimum absolute atomic E-state index is 0.0773. The molecule has 1 aromatic carbocycles. The summed E-state index contributed by atoms with van der Waals surface area (Å²) in [4.78, 5) is 16.1. The second kappa shape index (κ2) is 5.91. The number of aryl methyl sites for hydroxylation is 1. The Kier molecular flexibility index (Phi) is 3.91. The molecule has 3 rings (SSSR count). The smallest absolute Gasteiger partial charge is 0.408 e. The number of halogens is 3. The van der Waals surface area contributed by atoms with E-state index in [1.807, 2.05) is 0 Å². The van der Waals surface area contributed by atoms with E-state index in [9.17, 15) is 18.0 Å². The Morgan fingerprint density at radius 2 is 2.08 bits per heavy atom. The van der Waals surface area contributed by atoms with Crippen molar-refractivity contribution in [1.82, 2.24) is 29.8 Å². The van der Waals surface area contributed by atoms with Crippen LogP contribution in [0, 0.1) is 0 Å². The van der Waals surface area contributed by atoms with Crippen molar-refractivity contribution in [2.75, 3.05) is 0 Å². The van der Waals surface area contributed by atoms with E-state index in [1.54, 1.807) is 19.2 Å². The van der Waals surface area contributed by atoms with Crippen molar-refractivity contribution in [3.63, 3.8) is 0 Å². The molecule has 0 aliphatic carbocycles. The van der Waals surface area contributed by atoms with Crippen molar-refractivity contribution in [3.8, 4) is 5.75 Å². The lowest BCUT2D eigenvalue weighted by Crippen LogP contribution is -2.21. The van der Waals surface area contributed by atoms with E-state index >= 15 is 0 Å². The van der Waals surface area contributed by atoms with Crippen LogP contribution in [-0.2, 0) is 20.2 Å². The predicted octanol–water partition coefficient (Wildman–Crippen LogP) is 1.06. The van der Waals surface area contributed by atoms with Crippen LogP contribution in [0.3, 0.4) is 0 Å². The molecular formula is C13H11F3N6O2. The Bertz CT molecular complexity index is 933. The van der Waals surface area contributed by atoms with Crippen LogP contribution in [0.15, 0.2) is 29.3 Å². The molecule has 0 unspecified atom stereocenters. The highest BCUT2D eigenvalue weighted by Gasteiger charge is 2.30. The highest BCUT2D eigenvalue weighted by atomic mass is 19.4. The van der Waals surface area contributed by atoms with E-state index in [0.29, 0.717) is 21.3 Å². The van der Waals surface area contributed by atoms with Crippen molar-refractivity contribution in [2.45, 2.75) is 19.3 Å². The molecule has 0 N–H and O–H groups in total. The van der Waals surface area contributed by atoms with Gasteiger partial charge in [-0.15, -0.1) is 5.10 Å². The number of hydrogen-bond acceptors (Lipinski definition) is 6. The molecule has 0 amide bonds. The van der Waals surface area contributed by atoms with E-state index in [0.717, 1.165) is 0 Å². The molecule has 3 aromatic rings. The number of tetrazole rings is 1. The molecule has 0 saturated heterocycles. The summed E-state index contributed by atoms with van der Waals surface area (Å²) in [5.41, 5.74) is 0.236. The second-order valence-electron chi connectivity index (χ2n) is 5.00. The third-order valence-corrected chi connectivity index (χ3v) is 3.19. The number of ether oxygens (including phenoxy) is 1. The molecule has 0 bridgehead atoms. The summed E-state index contributed by atoms with van der Waals surface area (Å²) < 4.78 is 44.6. The van der Waals surface area contributed by atoms with Gasteiger partial charge in [0, 0.05) is 7.05 Å². The highest BCUT2D eigenvalue weighted by molar-refractivity contribution is 5.78. The molecule has 0 radical (unpaired) electrons. The fraction of sp³-hybridized carbons (Fsp3) is 0.308. The van der Waals surface area contributed by atoms with Crippen LogP contribution in [0.2, 0.25) is 0 Å². The minimum Gasteiger partial charge on any atom is -0.486 e. The standard InChI is InChI=1S/C13H11F3N6O2/c1-21-7-17-10-3-2-8(4-9(10)12(21)23)24-5-11-18-19-20-22(11)6-13(14,15)16/h2-4,7H,5-6H2,1H3. The number of rotatable bonds is 4. The van der Waals surface area contributed by atoms with Gasteiger partial charge in [0.05, 0.1) is 17.2 Å². The van der Waals surface area contributed by atoms with E-state index < -0.39 is 12.7 Å². The summed E-state index contributed by atoms with van der Waals surface area (Å²) in [6.45, 7) is -1.57. The number of fused-ring (bicyclic) bond motifs is 1. The van der Waals surface area contributed by atoms with Crippen molar-refractivity contribution in [3.05, 3.63) is 40.7 Å². The van der Waals surface area contributed by atoms with Gasteiger partial charge in [-0.3, -0.25) is 4.79 Å². The second-order valence-corrected chi connectivity index (χ2v) is 5.00. The Balaban J connectivity index is 1.81. The lowest BCUT2D eigenvalue weighted by Gasteiger charge is -2.09. The molecule has 0 atom stereocenters. The van der Waals surface area contributed by atoms with Crippen LogP contribution >= 0.6 is 0 Å². The van der Waals surface area contributed by atoms with Crippen molar-refractivity contribution >= 4 is 10.9 Å². The van der Waals surface area contributed by atoms with Gasteiger partial charge in [-0.05, 0) is 28.6 Å². The molecule has 8 nitrogen and oxygen atoms in total. The van der Waals surface area contributed by atoms with Gasteiger partial charge in [0.2, 0.25) is 0 Å². The van der Waals surface area contributed by atoms with Crippen molar-refractivity contribution in [2.24, 2.45) is 7.05 Å². The summed E-state index contributed by atoms with van der Waals surface area (Å²) in [6.07, 6.45) is -3.04. The maximum absolute atomic E-state index is 12.4. The maximum atomic E-state index is 12.4. The summed E-state index contributed by atoms with van der Waals surface area (Å²) in [7, 11) is 1.56. The molecule has 0 aliphatic heterocycles. The summed E-state index contributed by atoms with van der Waals surface area (Å²) in [5, 5.41) is 10.3. The van der Waals surface area contributed by atoms with Crippen LogP contribution in [0.5, 0.6) is 5.75 Å². The highest BCUT2D eigenvalue weighted by Crippen LogP contribution is 2.19. The topological polar surface area (TPSA) is 87.7 Å². The maximum Gasteiger partial charge on any atom is 0.408 e. The van der Waals surface area contributed by atoms with Crippen LogP contribution in [0.4, 0.5) is 13.2 Å². The normalized spacial score (nSPS) is 11.8. The zero-order valence-electron chi connectivity index (χ0n) is 12.4. The fourth-order valence-corrected chi connectivity index (χ4v) is 2.05. The van der Waals surface area contributed by atoms with Gasteiger partial charge in [0.25, 0.3) is 5.56 Å². The van der Waals surface area contributed by atoms with Gasteiger partial charge in [0.15, 0.2) is 5.82 Å². The minimum atomic E-state index is -4.44. The van der Waals surface area contributed by atoms with Crippen LogP contribution in [-0.4, -0.2) is 35.9 Å². The number of benzene rings is 1. The van der Waals surface area contributed by atoms with Crippen LogP contribution in [0.1, 0.15) is 5.82 Å². The lowest BCUT2D eigenvalue weighted by atomic mass is 10.2. The average Bonchev–Trinajstić information content (AvgIpc) is 2.94. The fourth-order valence-electron chi connectivity index (χ4n) is 2.05. The van der Waals surface area contributed by atoms with E-state index in [-0.39, 0.29) is 18.0 Å². The molecular weight excluding hydrogens is 329 g/mol. The molecule has 2 aromatic heterocycles. The van der Waals surface area contributed by atoms with Crippen molar-refractivity contribution < 1.29 is 17.9 Å². The number of nitrogens with zero attached hydrogens (tertiary/aromatic N) is 6. The molecule has 0 saturated carbocycles. The van der Waals surface area contributed by atoms with Gasteiger partial charge >= 0.3 is 6.18 Å². The molecule has 2 heterocycles. The van der Waals surface area contributed by atoms with Gasteiger partial charge in [-0.2, -0.15) is 13.2 Å². The van der Waals surface area contributed by atoms with E-state index in [4.69, 9.17) is 4.74 Å². The third-order valence-electron chi connectivity index (χ3n) is 3.19. The first-order valence-corrected chi connectivity index (χ1v) is 6.73. The zero-order valence-corrected chi connectivity index (χ0v) is 12.4. The number of hydrogen-bond donors (Lipinski definition) is 0. The Hall–Kier alpha value is -2.98. The van der Waals surface area contributed by atoms with Gasteiger partial charge in [-0.25, -0.2) is 9.67 Å². The molecule has 0 fully saturated rings. The van der Waals surface area contributed by atoms with Crippen LogP contribution in [0.25, 0.3) is 10.9 Å². The lowest BCUT2D eigenvalue weighted by molar-refractivity contribution is -0.143. The first-order valence-electron chi connectivity index (χ1n) is 6.73. The van der Waals surface area contributed by atoms with E-state index in [1.165, 1.54) is 17.0 Å².